The summed E-state index contributed by atoms with van der Waals surface area (Å²) in [5.41, 5.74) is 0. The molecule has 1 saturated heterocycles. The summed E-state index contributed by atoms with van der Waals surface area (Å²) in [4.78, 5) is 13.8. The van der Waals surface area contributed by atoms with Crippen LogP contribution in [0.4, 0.5) is 0 Å². The van der Waals surface area contributed by atoms with Crippen LogP contribution in [0.5, 0.6) is 0 Å². The molecule has 2 aliphatic rings. The first-order valence-corrected chi connectivity index (χ1v) is 6.43. The predicted octanol–water partition coefficient (Wildman–Crippen LogP) is 1.30. The number of carbonyl (C=O) groups is 1. The molecule has 2 rings (SSSR count). The predicted molar refractivity (Wildman–Crippen MR) is 63.1 cm³/mol. The van der Waals surface area contributed by atoms with Gasteiger partial charge in [0.2, 0.25) is 0 Å². The minimum absolute atomic E-state index is 0.124. The largest absolute Gasteiger partial charge is 0.396 e. The zero-order valence-electron chi connectivity index (χ0n) is 10.4. The van der Waals surface area contributed by atoms with Gasteiger partial charge in [-0.3, -0.25) is 9.69 Å². The fourth-order valence-corrected chi connectivity index (χ4v) is 3.56. The van der Waals surface area contributed by atoms with Crippen molar-refractivity contribution in [3.8, 4) is 0 Å². The van der Waals surface area contributed by atoms with E-state index < -0.39 is 0 Å². The minimum atomic E-state index is 0.124. The number of hydrogen-bond donors (Lipinski definition) is 1. The molecule has 0 aromatic heterocycles. The topological polar surface area (TPSA) is 40.5 Å². The highest BCUT2D eigenvalue weighted by Crippen LogP contribution is 2.40. The van der Waals surface area contributed by atoms with Gasteiger partial charge >= 0.3 is 0 Å². The second-order valence-electron chi connectivity index (χ2n) is 5.68. The average Bonchev–Trinajstić information content (AvgIpc) is 2.27. The Balaban J connectivity index is 2.01. The molecule has 1 aliphatic heterocycles. The monoisotopic (exact) mass is 225 g/mol. The van der Waals surface area contributed by atoms with Crippen LogP contribution in [0.1, 0.15) is 32.6 Å². The molecule has 0 spiro atoms. The second kappa shape index (κ2) is 4.84. The van der Waals surface area contributed by atoms with E-state index in [4.69, 9.17) is 0 Å². The van der Waals surface area contributed by atoms with Gasteiger partial charge in [-0.1, -0.05) is 0 Å². The van der Waals surface area contributed by atoms with Crippen LogP contribution in [0.3, 0.4) is 0 Å². The summed E-state index contributed by atoms with van der Waals surface area (Å²) in [6.07, 6.45) is 4.52. The van der Waals surface area contributed by atoms with Crippen molar-refractivity contribution in [2.45, 2.75) is 38.6 Å². The first-order valence-electron chi connectivity index (χ1n) is 6.43. The quantitative estimate of drug-likeness (QED) is 0.770. The Morgan fingerprint density at radius 1 is 1.31 bits per heavy atom. The smallest absolute Gasteiger partial charge is 0.146 e. The van der Waals surface area contributed by atoms with E-state index in [9.17, 15) is 9.90 Å². The molecule has 1 aliphatic carbocycles. The molecule has 0 bridgehead atoms. The lowest BCUT2D eigenvalue weighted by Gasteiger charge is -2.45. The van der Waals surface area contributed by atoms with Crippen molar-refractivity contribution in [3.05, 3.63) is 0 Å². The maximum Gasteiger partial charge on any atom is 0.146 e. The van der Waals surface area contributed by atoms with Crippen molar-refractivity contribution in [1.82, 2.24) is 4.90 Å². The molecule has 1 saturated carbocycles. The molecule has 0 radical (unpaired) electrons. The highest BCUT2D eigenvalue weighted by Gasteiger charge is 2.39. The van der Waals surface area contributed by atoms with E-state index >= 15 is 0 Å². The van der Waals surface area contributed by atoms with Crippen molar-refractivity contribution < 1.29 is 9.90 Å². The highest BCUT2D eigenvalue weighted by molar-refractivity contribution is 5.81. The lowest BCUT2D eigenvalue weighted by molar-refractivity contribution is -0.125. The summed E-state index contributed by atoms with van der Waals surface area (Å²) in [5.74, 6) is 2.20. The van der Waals surface area contributed by atoms with Gasteiger partial charge in [0.05, 0.1) is 6.04 Å². The fraction of sp³-hybridized carbons (Fsp3) is 0.923. The Labute approximate surface area is 97.8 Å². The Hall–Kier alpha value is -0.410. The zero-order chi connectivity index (χ0) is 11.7. The number of aliphatic hydroxyl groups excluding tert-OH is 1. The lowest BCUT2D eigenvalue weighted by atomic mass is 9.69. The third-order valence-corrected chi connectivity index (χ3v) is 4.56. The average molecular weight is 225 g/mol. The minimum Gasteiger partial charge on any atom is -0.396 e. The Kier molecular flexibility index (Phi) is 3.65. The van der Waals surface area contributed by atoms with Gasteiger partial charge in [-0.05, 0) is 57.4 Å². The zero-order valence-corrected chi connectivity index (χ0v) is 10.4. The molecule has 1 heterocycles. The van der Waals surface area contributed by atoms with Gasteiger partial charge in [-0.25, -0.2) is 0 Å². The summed E-state index contributed by atoms with van der Waals surface area (Å²) in [6.45, 7) is 3.09. The van der Waals surface area contributed by atoms with Crippen molar-refractivity contribution in [1.29, 1.82) is 0 Å². The van der Waals surface area contributed by atoms with Crippen molar-refractivity contribution in [2.75, 3.05) is 20.2 Å². The summed E-state index contributed by atoms with van der Waals surface area (Å²) >= 11 is 0. The number of ketones is 1. The molecule has 0 aromatic carbocycles. The van der Waals surface area contributed by atoms with Crippen molar-refractivity contribution in [2.24, 2.45) is 17.8 Å². The standard InChI is InChI=1S/C13H23NO2/c1-9(16)13-6-12-5-10(8-15)3-4-11(12)7-14(13)2/h10-13,15H,3-8H2,1-2H3/t10-,11-,12+,13-/m0/s1. The van der Waals surface area contributed by atoms with Gasteiger partial charge in [0.1, 0.15) is 5.78 Å². The summed E-state index contributed by atoms with van der Waals surface area (Å²) in [5, 5.41) is 9.23. The number of rotatable bonds is 2. The third kappa shape index (κ3) is 2.30. The van der Waals surface area contributed by atoms with Crippen molar-refractivity contribution in [3.63, 3.8) is 0 Å². The van der Waals surface area contributed by atoms with Crippen molar-refractivity contribution >= 4 is 5.78 Å². The van der Waals surface area contributed by atoms with Crippen LogP contribution in [0.15, 0.2) is 0 Å². The highest BCUT2D eigenvalue weighted by atomic mass is 16.3. The van der Waals surface area contributed by atoms with E-state index in [1.807, 2.05) is 0 Å². The number of piperidine rings is 1. The summed E-state index contributed by atoms with van der Waals surface area (Å²) in [6, 6.07) is 0.124. The Morgan fingerprint density at radius 2 is 2.06 bits per heavy atom. The van der Waals surface area contributed by atoms with Crippen LogP contribution in [0, 0.1) is 17.8 Å². The van der Waals surface area contributed by atoms with E-state index in [1.165, 1.54) is 6.42 Å². The molecule has 0 aromatic rings. The normalized spacial score (nSPS) is 40.4. The third-order valence-electron chi connectivity index (χ3n) is 4.56. The van der Waals surface area contributed by atoms with Gasteiger partial charge < -0.3 is 5.11 Å². The van der Waals surface area contributed by atoms with Gasteiger partial charge in [-0.2, -0.15) is 0 Å². The number of likely N-dealkylation sites (tertiary alicyclic amines) is 1. The molecule has 3 nitrogen and oxygen atoms in total. The summed E-state index contributed by atoms with van der Waals surface area (Å²) < 4.78 is 0. The van der Waals surface area contributed by atoms with E-state index in [2.05, 4.69) is 11.9 Å². The molecule has 1 N–H and O–H groups in total. The molecule has 0 amide bonds. The van der Waals surface area contributed by atoms with Gasteiger partial charge in [0.25, 0.3) is 0 Å². The molecular weight excluding hydrogens is 202 g/mol. The van der Waals surface area contributed by atoms with Crippen LogP contribution in [-0.2, 0) is 4.79 Å². The lowest BCUT2D eigenvalue weighted by Crippen LogP contribution is -2.50. The fourth-order valence-electron chi connectivity index (χ4n) is 3.56. The number of aliphatic hydroxyl groups is 1. The van der Waals surface area contributed by atoms with Crippen LogP contribution >= 0.6 is 0 Å². The molecule has 4 atom stereocenters. The number of likely N-dealkylation sites (N-methyl/N-ethyl adjacent to an activating group) is 1. The first kappa shape index (κ1) is 12.1. The Bertz CT molecular complexity index is 267. The maximum atomic E-state index is 11.5. The van der Waals surface area contributed by atoms with E-state index in [1.54, 1.807) is 6.92 Å². The number of hydrogen-bond acceptors (Lipinski definition) is 3. The number of nitrogens with zero attached hydrogens (tertiary/aromatic N) is 1. The molecule has 2 fully saturated rings. The number of carbonyl (C=O) groups excluding carboxylic acids is 1. The molecule has 16 heavy (non-hydrogen) atoms. The van der Waals surface area contributed by atoms with Crippen LogP contribution < -0.4 is 0 Å². The van der Waals surface area contributed by atoms with Gasteiger partial charge in [0, 0.05) is 13.2 Å². The molecule has 0 unspecified atom stereocenters. The van der Waals surface area contributed by atoms with E-state index in [-0.39, 0.29) is 6.04 Å². The van der Waals surface area contributed by atoms with Crippen LogP contribution in [-0.4, -0.2) is 42.0 Å². The number of Topliss-reactive ketones (excluding diaryl/α,β-unsaturated/α-hetero) is 1. The molecule has 3 heteroatoms. The van der Waals surface area contributed by atoms with Crippen LogP contribution in [0.25, 0.3) is 0 Å². The second-order valence-corrected chi connectivity index (χ2v) is 5.68. The van der Waals surface area contributed by atoms with Gasteiger partial charge in [0.15, 0.2) is 0 Å². The summed E-state index contributed by atoms with van der Waals surface area (Å²) in [7, 11) is 2.07. The molecule has 92 valence electrons. The van der Waals surface area contributed by atoms with E-state index in [0.717, 1.165) is 31.7 Å². The number of fused-ring (bicyclic) bond motifs is 1. The van der Waals surface area contributed by atoms with Gasteiger partial charge in [-0.15, -0.1) is 0 Å². The van der Waals surface area contributed by atoms with Crippen LogP contribution in [0.2, 0.25) is 0 Å². The first-order chi connectivity index (χ1) is 7.61. The molecular formula is C13H23NO2. The Morgan fingerprint density at radius 3 is 2.69 bits per heavy atom. The maximum absolute atomic E-state index is 11.5. The van der Waals surface area contributed by atoms with E-state index in [0.29, 0.717) is 24.2 Å². The SMILES string of the molecule is CC(=O)[C@@H]1C[C@H]2C[C@@H](CO)CC[C@H]2CN1C.